The molecule has 3 heteroatoms. The van der Waals surface area contributed by atoms with Crippen molar-refractivity contribution in [3.05, 3.63) is 0 Å². The van der Waals surface area contributed by atoms with E-state index in [0.717, 1.165) is 31.7 Å². The van der Waals surface area contributed by atoms with Gasteiger partial charge in [-0.2, -0.15) is 0 Å². The summed E-state index contributed by atoms with van der Waals surface area (Å²) in [6.45, 7) is 11.2. The Morgan fingerprint density at radius 1 is 1.31 bits per heavy atom. The quantitative estimate of drug-likeness (QED) is 0.772. The maximum absolute atomic E-state index is 5.77. The number of rotatable bonds is 2. The molecular weight excluding hydrogens is 200 g/mol. The summed E-state index contributed by atoms with van der Waals surface area (Å²) >= 11 is 0. The average molecular weight is 226 g/mol. The van der Waals surface area contributed by atoms with E-state index in [1.54, 1.807) is 0 Å². The second-order valence-electron chi connectivity index (χ2n) is 5.56. The molecule has 16 heavy (non-hydrogen) atoms. The lowest BCUT2D eigenvalue weighted by molar-refractivity contribution is -0.0775. The van der Waals surface area contributed by atoms with Gasteiger partial charge in [0.15, 0.2) is 0 Å². The van der Waals surface area contributed by atoms with Crippen LogP contribution in [-0.2, 0) is 4.74 Å². The molecule has 2 aliphatic rings. The smallest absolute Gasteiger partial charge is 0.0674 e. The van der Waals surface area contributed by atoms with E-state index in [1.165, 1.54) is 19.4 Å². The van der Waals surface area contributed by atoms with Gasteiger partial charge in [0, 0.05) is 25.2 Å². The van der Waals surface area contributed by atoms with E-state index in [1.807, 2.05) is 0 Å². The number of hydrogen-bond donors (Lipinski definition) is 1. The maximum atomic E-state index is 5.77. The van der Waals surface area contributed by atoms with Crippen LogP contribution in [0.5, 0.6) is 0 Å². The van der Waals surface area contributed by atoms with Gasteiger partial charge in [-0.15, -0.1) is 0 Å². The molecule has 0 aromatic carbocycles. The average Bonchev–Trinajstić information content (AvgIpc) is 2.29. The molecule has 0 saturated carbocycles. The highest BCUT2D eigenvalue weighted by atomic mass is 16.5. The minimum absolute atomic E-state index is 0.403. The van der Waals surface area contributed by atoms with Crippen LogP contribution in [0.3, 0.4) is 0 Å². The molecule has 0 aromatic heterocycles. The van der Waals surface area contributed by atoms with Crippen LogP contribution in [0, 0.1) is 5.92 Å². The first-order chi connectivity index (χ1) is 7.70. The van der Waals surface area contributed by atoms with Crippen molar-refractivity contribution in [2.24, 2.45) is 5.92 Å². The summed E-state index contributed by atoms with van der Waals surface area (Å²) in [6, 6.07) is 1.35. The predicted molar refractivity (Wildman–Crippen MR) is 66.6 cm³/mol. The summed E-state index contributed by atoms with van der Waals surface area (Å²) in [5.41, 5.74) is 0. The van der Waals surface area contributed by atoms with Crippen molar-refractivity contribution in [3.63, 3.8) is 0 Å². The summed E-state index contributed by atoms with van der Waals surface area (Å²) in [5.74, 6) is 0.814. The van der Waals surface area contributed by atoms with Gasteiger partial charge in [-0.25, -0.2) is 0 Å². The van der Waals surface area contributed by atoms with Crippen LogP contribution in [0.4, 0.5) is 0 Å². The lowest BCUT2D eigenvalue weighted by atomic mass is 9.94. The highest BCUT2D eigenvalue weighted by Crippen LogP contribution is 2.23. The van der Waals surface area contributed by atoms with Crippen molar-refractivity contribution >= 4 is 0 Å². The summed E-state index contributed by atoms with van der Waals surface area (Å²) < 4.78 is 5.77. The minimum Gasteiger partial charge on any atom is -0.376 e. The second kappa shape index (κ2) is 5.48. The Morgan fingerprint density at radius 3 is 2.81 bits per heavy atom. The SMILES string of the molecule is CCC1COC(C)CN1C1CNCC(C)C1. The van der Waals surface area contributed by atoms with E-state index in [0.29, 0.717) is 12.1 Å². The molecule has 94 valence electrons. The van der Waals surface area contributed by atoms with E-state index in [9.17, 15) is 0 Å². The number of hydrogen-bond acceptors (Lipinski definition) is 3. The van der Waals surface area contributed by atoms with Crippen molar-refractivity contribution < 1.29 is 4.74 Å². The van der Waals surface area contributed by atoms with Crippen molar-refractivity contribution in [3.8, 4) is 0 Å². The Hall–Kier alpha value is -0.120. The largest absolute Gasteiger partial charge is 0.376 e. The molecule has 0 bridgehead atoms. The van der Waals surface area contributed by atoms with E-state index in [4.69, 9.17) is 4.74 Å². The Labute approximate surface area is 99.5 Å². The molecule has 0 aromatic rings. The fourth-order valence-corrected chi connectivity index (χ4v) is 3.05. The first kappa shape index (κ1) is 12.3. The normalized spacial score (nSPS) is 42.2. The van der Waals surface area contributed by atoms with Gasteiger partial charge in [0.2, 0.25) is 0 Å². The Kier molecular flexibility index (Phi) is 4.22. The third kappa shape index (κ3) is 2.76. The molecule has 2 rings (SSSR count). The van der Waals surface area contributed by atoms with Gasteiger partial charge in [-0.3, -0.25) is 4.90 Å². The van der Waals surface area contributed by atoms with E-state index < -0.39 is 0 Å². The topological polar surface area (TPSA) is 24.5 Å². The third-order valence-electron chi connectivity index (χ3n) is 4.00. The summed E-state index contributed by atoms with van der Waals surface area (Å²) in [5, 5.41) is 3.56. The number of piperidine rings is 1. The van der Waals surface area contributed by atoms with Gasteiger partial charge >= 0.3 is 0 Å². The highest BCUT2D eigenvalue weighted by Gasteiger charge is 2.33. The van der Waals surface area contributed by atoms with Crippen molar-refractivity contribution in [2.75, 3.05) is 26.2 Å². The van der Waals surface area contributed by atoms with Gasteiger partial charge in [0.25, 0.3) is 0 Å². The molecule has 3 nitrogen and oxygen atoms in total. The first-order valence-electron chi connectivity index (χ1n) is 6.78. The molecule has 2 fully saturated rings. The molecule has 2 aliphatic heterocycles. The maximum Gasteiger partial charge on any atom is 0.0674 e. The number of nitrogens with zero attached hydrogens (tertiary/aromatic N) is 1. The molecule has 4 atom stereocenters. The lowest BCUT2D eigenvalue weighted by Crippen LogP contribution is -2.58. The molecule has 4 unspecified atom stereocenters. The Balaban J connectivity index is 1.98. The lowest BCUT2D eigenvalue weighted by Gasteiger charge is -2.45. The van der Waals surface area contributed by atoms with Crippen molar-refractivity contribution in [1.29, 1.82) is 0 Å². The second-order valence-corrected chi connectivity index (χ2v) is 5.56. The molecule has 1 N–H and O–H groups in total. The van der Waals surface area contributed by atoms with E-state index in [-0.39, 0.29) is 0 Å². The zero-order chi connectivity index (χ0) is 11.5. The van der Waals surface area contributed by atoms with Crippen LogP contribution >= 0.6 is 0 Å². The molecule has 0 spiro atoms. The zero-order valence-electron chi connectivity index (χ0n) is 10.9. The first-order valence-corrected chi connectivity index (χ1v) is 6.78. The van der Waals surface area contributed by atoms with Gasteiger partial charge in [0.05, 0.1) is 12.7 Å². The Morgan fingerprint density at radius 2 is 2.12 bits per heavy atom. The summed E-state index contributed by atoms with van der Waals surface area (Å²) in [7, 11) is 0. The van der Waals surface area contributed by atoms with Crippen LogP contribution in [0.25, 0.3) is 0 Å². The third-order valence-corrected chi connectivity index (χ3v) is 4.00. The predicted octanol–water partition coefficient (Wildman–Crippen LogP) is 1.48. The van der Waals surface area contributed by atoms with Gasteiger partial charge < -0.3 is 10.1 Å². The van der Waals surface area contributed by atoms with Crippen LogP contribution in [0.15, 0.2) is 0 Å². The van der Waals surface area contributed by atoms with Crippen molar-refractivity contribution in [2.45, 2.75) is 51.8 Å². The minimum atomic E-state index is 0.403. The number of ether oxygens (including phenoxy) is 1. The zero-order valence-corrected chi connectivity index (χ0v) is 10.9. The molecule has 0 radical (unpaired) electrons. The molecule has 0 amide bonds. The fourth-order valence-electron chi connectivity index (χ4n) is 3.05. The summed E-state index contributed by atoms with van der Waals surface area (Å²) in [4.78, 5) is 2.69. The van der Waals surface area contributed by atoms with Crippen LogP contribution in [0.1, 0.15) is 33.6 Å². The van der Waals surface area contributed by atoms with Crippen LogP contribution in [-0.4, -0.2) is 49.3 Å². The standard InChI is InChI=1S/C13H26N2O/c1-4-12-9-16-11(3)8-15(12)13-5-10(2)6-14-7-13/h10-14H,4-9H2,1-3H3. The highest BCUT2D eigenvalue weighted by molar-refractivity contribution is 4.88. The van der Waals surface area contributed by atoms with Crippen LogP contribution < -0.4 is 5.32 Å². The van der Waals surface area contributed by atoms with E-state index in [2.05, 4.69) is 31.0 Å². The van der Waals surface area contributed by atoms with E-state index >= 15 is 0 Å². The molecule has 2 saturated heterocycles. The fraction of sp³-hybridized carbons (Fsp3) is 1.00. The molecule has 2 heterocycles. The Bertz CT molecular complexity index is 222. The number of morpholine rings is 1. The molecule has 0 aliphatic carbocycles. The van der Waals surface area contributed by atoms with Crippen molar-refractivity contribution in [1.82, 2.24) is 10.2 Å². The monoisotopic (exact) mass is 226 g/mol. The summed E-state index contributed by atoms with van der Waals surface area (Å²) in [6.07, 6.45) is 2.95. The van der Waals surface area contributed by atoms with Gasteiger partial charge in [-0.05, 0) is 32.2 Å². The van der Waals surface area contributed by atoms with Gasteiger partial charge in [-0.1, -0.05) is 13.8 Å². The van der Waals surface area contributed by atoms with Crippen LogP contribution in [0.2, 0.25) is 0 Å². The number of nitrogens with one attached hydrogen (secondary N) is 1. The van der Waals surface area contributed by atoms with Gasteiger partial charge in [0.1, 0.15) is 0 Å². The molecular formula is C13H26N2O.